The Balaban J connectivity index is 1.79. The SMILES string of the molecule is [CH2]CCCCCCCCC1CCCCC1. The Labute approximate surface area is 96.8 Å². The maximum atomic E-state index is 3.88. The Morgan fingerprint density at radius 1 is 0.733 bits per heavy atom. The van der Waals surface area contributed by atoms with Crippen LogP contribution in [0.2, 0.25) is 0 Å². The van der Waals surface area contributed by atoms with E-state index < -0.39 is 0 Å². The van der Waals surface area contributed by atoms with Gasteiger partial charge in [0.2, 0.25) is 0 Å². The molecule has 0 spiro atoms. The van der Waals surface area contributed by atoms with Crippen LogP contribution in [0.4, 0.5) is 0 Å². The predicted molar refractivity (Wildman–Crippen MR) is 68.9 cm³/mol. The molecule has 89 valence electrons. The number of hydrogen-bond acceptors (Lipinski definition) is 0. The molecule has 0 N–H and O–H groups in total. The van der Waals surface area contributed by atoms with E-state index in [4.69, 9.17) is 0 Å². The third kappa shape index (κ3) is 6.98. The van der Waals surface area contributed by atoms with Gasteiger partial charge in [0, 0.05) is 0 Å². The Morgan fingerprint density at radius 2 is 1.33 bits per heavy atom. The largest absolute Gasteiger partial charge is 0.0533 e. The summed E-state index contributed by atoms with van der Waals surface area (Å²) in [6, 6.07) is 0. The van der Waals surface area contributed by atoms with E-state index in [-0.39, 0.29) is 0 Å². The van der Waals surface area contributed by atoms with E-state index in [1.165, 1.54) is 77.0 Å². The van der Waals surface area contributed by atoms with E-state index in [0.717, 1.165) is 12.3 Å². The summed E-state index contributed by atoms with van der Waals surface area (Å²) in [5, 5.41) is 0. The zero-order valence-electron chi connectivity index (χ0n) is 10.5. The van der Waals surface area contributed by atoms with Gasteiger partial charge in [-0.2, -0.15) is 0 Å². The van der Waals surface area contributed by atoms with Crippen LogP contribution in [0.15, 0.2) is 0 Å². The molecule has 0 aromatic heterocycles. The van der Waals surface area contributed by atoms with Crippen molar-refractivity contribution >= 4 is 0 Å². The van der Waals surface area contributed by atoms with Crippen LogP contribution >= 0.6 is 0 Å². The second kappa shape index (κ2) is 9.24. The third-order valence-electron chi connectivity index (χ3n) is 3.84. The molecule has 0 amide bonds. The number of unbranched alkanes of at least 4 members (excludes halogenated alkanes) is 6. The Morgan fingerprint density at radius 3 is 2.00 bits per heavy atom. The third-order valence-corrected chi connectivity index (χ3v) is 3.84. The second-order valence-electron chi connectivity index (χ2n) is 5.27. The number of rotatable bonds is 8. The zero-order chi connectivity index (χ0) is 10.8. The summed E-state index contributed by atoms with van der Waals surface area (Å²) in [6.45, 7) is 3.88. The summed E-state index contributed by atoms with van der Waals surface area (Å²) in [4.78, 5) is 0. The highest BCUT2D eigenvalue weighted by atomic mass is 14.2. The molecular formula is C15H29. The van der Waals surface area contributed by atoms with Crippen LogP contribution in [0.3, 0.4) is 0 Å². The average molecular weight is 209 g/mol. The molecule has 0 aromatic carbocycles. The van der Waals surface area contributed by atoms with Crippen LogP contribution in [0.5, 0.6) is 0 Å². The van der Waals surface area contributed by atoms with Crippen molar-refractivity contribution in [2.75, 3.05) is 0 Å². The van der Waals surface area contributed by atoms with E-state index >= 15 is 0 Å². The molecule has 0 nitrogen and oxygen atoms in total. The van der Waals surface area contributed by atoms with Gasteiger partial charge in [-0.15, -0.1) is 0 Å². The molecule has 0 heterocycles. The minimum Gasteiger partial charge on any atom is -0.0533 e. The van der Waals surface area contributed by atoms with E-state index in [0.29, 0.717) is 0 Å². The monoisotopic (exact) mass is 209 g/mol. The first-order valence-electron chi connectivity index (χ1n) is 7.22. The van der Waals surface area contributed by atoms with Crippen molar-refractivity contribution in [3.05, 3.63) is 6.92 Å². The fraction of sp³-hybridized carbons (Fsp3) is 0.933. The van der Waals surface area contributed by atoms with Crippen LogP contribution in [0.25, 0.3) is 0 Å². The minimum absolute atomic E-state index is 1.10. The fourth-order valence-corrected chi connectivity index (χ4v) is 2.79. The summed E-state index contributed by atoms with van der Waals surface area (Å²) in [6.07, 6.45) is 18.9. The molecule has 0 heteroatoms. The van der Waals surface area contributed by atoms with E-state index in [1.807, 2.05) is 0 Å². The van der Waals surface area contributed by atoms with Crippen molar-refractivity contribution in [1.82, 2.24) is 0 Å². The maximum Gasteiger partial charge on any atom is -0.0414 e. The molecule has 0 saturated heterocycles. The lowest BCUT2D eigenvalue weighted by molar-refractivity contribution is 0.328. The molecule has 0 aromatic rings. The molecular weight excluding hydrogens is 180 g/mol. The van der Waals surface area contributed by atoms with Crippen molar-refractivity contribution in [2.24, 2.45) is 5.92 Å². The first kappa shape index (κ1) is 13.1. The highest BCUT2D eigenvalue weighted by Crippen LogP contribution is 2.28. The molecule has 0 atom stereocenters. The van der Waals surface area contributed by atoms with Gasteiger partial charge in [0.1, 0.15) is 0 Å². The lowest BCUT2D eigenvalue weighted by Crippen LogP contribution is -2.05. The molecule has 1 saturated carbocycles. The number of hydrogen-bond donors (Lipinski definition) is 0. The Kier molecular flexibility index (Phi) is 8.05. The molecule has 0 unspecified atom stereocenters. The maximum absolute atomic E-state index is 3.88. The van der Waals surface area contributed by atoms with Gasteiger partial charge in [-0.3, -0.25) is 0 Å². The Bertz CT molecular complexity index is 122. The van der Waals surface area contributed by atoms with Crippen LogP contribution in [0.1, 0.15) is 83.5 Å². The summed E-state index contributed by atoms with van der Waals surface area (Å²) in [5.74, 6) is 1.10. The normalized spacial score (nSPS) is 18.2. The first-order valence-corrected chi connectivity index (χ1v) is 7.22. The second-order valence-corrected chi connectivity index (χ2v) is 5.27. The predicted octanol–water partition coefficient (Wildman–Crippen LogP) is 5.52. The van der Waals surface area contributed by atoms with Gasteiger partial charge in [0.05, 0.1) is 0 Å². The van der Waals surface area contributed by atoms with Gasteiger partial charge in [0.15, 0.2) is 0 Å². The fourth-order valence-electron chi connectivity index (χ4n) is 2.79. The molecule has 0 bridgehead atoms. The topological polar surface area (TPSA) is 0 Å². The van der Waals surface area contributed by atoms with Crippen molar-refractivity contribution in [2.45, 2.75) is 83.5 Å². The Hall–Kier alpha value is 0. The van der Waals surface area contributed by atoms with Gasteiger partial charge in [-0.25, -0.2) is 0 Å². The lowest BCUT2D eigenvalue weighted by atomic mass is 9.85. The van der Waals surface area contributed by atoms with Crippen molar-refractivity contribution in [3.8, 4) is 0 Å². The van der Waals surface area contributed by atoms with Gasteiger partial charge in [-0.1, -0.05) is 90.4 Å². The van der Waals surface area contributed by atoms with Crippen LogP contribution in [-0.4, -0.2) is 0 Å². The van der Waals surface area contributed by atoms with Crippen molar-refractivity contribution in [1.29, 1.82) is 0 Å². The molecule has 1 aliphatic carbocycles. The molecule has 0 aliphatic heterocycles. The minimum atomic E-state index is 1.10. The summed E-state index contributed by atoms with van der Waals surface area (Å²) in [5.41, 5.74) is 0. The quantitative estimate of drug-likeness (QED) is 0.462. The zero-order valence-corrected chi connectivity index (χ0v) is 10.5. The molecule has 1 radical (unpaired) electrons. The van der Waals surface area contributed by atoms with Gasteiger partial charge in [0.25, 0.3) is 0 Å². The smallest absolute Gasteiger partial charge is 0.0414 e. The van der Waals surface area contributed by atoms with E-state index in [1.54, 1.807) is 0 Å². The summed E-state index contributed by atoms with van der Waals surface area (Å²) in [7, 11) is 0. The van der Waals surface area contributed by atoms with Gasteiger partial charge in [-0.05, 0) is 5.92 Å². The first-order chi connectivity index (χ1) is 7.43. The summed E-state index contributed by atoms with van der Waals surface area (Å²) < 4.78 is 0. The molecule has 1 rings (SSSR count). The van der Waals surface area contributed by atoms with Gasteiger partial charge >= 0.3 is 0 Å². The average Bonchev–Trinajstić information content (AvgIpc) is 2.29. The van der Waals surface area contributed by atoms with Gasteiger partial charge < -0.3 is 0 Å². The van der Waals surface area contributed by atoms with Crippen LogP contribution in [-0.2, 0) is 0 Å². The van der Waals surface area contributed by atoms with Crippen LogP contribution in [0, 0.1) is 12.8 Å². The van der Waals surface area contributed by atoms with Crippen molar-refractivity contribution in [3.63, 3.8) is 0 Å². The summed E-state index contributed by atoms with van der Waals surface area (Å²) >= 11 is 0. The standard InChI is InChI=1S/C15H29/c1-2-3-4-5-6-7-9-12-15-13-10-8-11-14-15/h15H,1-14H2. The van der Waals surface area contributed by atoms with E-state index in [9.17, 15) is 0 Å². The molecule has 15 heavy (non-hydrogen) atoms. The molecule has 1 aliphatic rings. The lowest BCUT2D eigenvalue weighted by Gasteiger charge is -2.21. The van der Waals surface area contributed by atoms with Crippen molar-refractivity contribution < 1.29 is 0 Å². The molecule has 1 fully saturated rings. The van der Waals surface area contributed by atoms with Crippen LogP contribution < -0.4 is 0 Å². The highest BCUT2D eigenvalue weighted by molar-refractivity contribution is 4.65. The highest BCUT2D eigenvalue weighted by Gasteiger charge is 2.12. The van der Waals surface area contributed by atoms with E-state index in [2.05, 4.69) is 6.92 Å².